The number of rotatable bonds is 6. The van der Waals surface area contributed by atoms with Crippen molar-refractivity contribution >= 4 is 17.6 Å². The smallest absolute Gasteiger partial charge is 0.342 e. The Balaban J connectivity index is 1.67. The molecule has 8 heteroatoms. The van der Waals surface area contributed by atoms with Crippen LogP contribution in [0.5, 0.6) is 23.0 Å². The molecule has 3 rings (SSSR count). The van der Waals surface area contributed by atoms with Crippen LogP contribution in [0.2, 0.25) is 0 Å². The predicted octanol–water partition coefficient (Wildman–Crippen LogP) is 2.62. The molecule has 0 radical (unpaired) electrons. The average molecular weight is 373 g/mol. The first-order valence-corrected chi connectivity index (χ1v) is 8.16. The SMILES string of the molecule is COc1cccc(C(=O)O[C@@H](C)C(=O)Nc2ccc3c(c2)OCO3)c1OC. The van der Waals surface area contributed by atoms with Crippen molar-refractivity contribution in [2.45, 2.75) is 13.0 Å². The highest BCUT2D eigenvalue weighted by atomic mass is 16.7. The molecule has 0 aliphatic carbocycles. The van der Waals surface area contributed by atoms with Gasteiger partial charge < -0.3 is 29.0 Å². The van der Waals surface area contributed by atoms with Crippen LogP contribution in [0.25, 0.3) is 0 Å². The molecular weight excluding hydrogens is 354 g/mol. The number of anilines is 1. The molecule has 0 saturated heterocycles. The number of carbonyl (C=O) groups is 2. The predicted molar refractivity (Wildman–Crippen MR) is 95.6 cm³/mol. The number of para-hydroxylation sites is 1. The minimum absolute atomic E-state index is 0.142. The van der Waals surface area contributed by atoms with Crippen molar-refractivity contribution in [1.82, 2.24) is 0 Å². The summed E-state index contributed by atoms with van der Waals surface area (Å²) in [6.45, 7) is 1.62. The van der Waals surface area contributed by atoms with Gasteiger partial charge in [-0.05, 0) is 31.2 Å². The lowest BCUT2D eigenvalue weighted by molar-refractivity contribution is -0.123. The molecule has 2 aromatic carbocycles. The topological polar surface area (TPSA) is 92.3 Å². The van der Waals surface area contributed by atoms with Crippen molar-refractivity contribution in [3.8, 4) is 23.0 Å². The van der Waals surface area contributed by atoms with Gasteiger partial charge in [0.2, 0.25) is 6.79 Å². The number of carbonyl (C=O) groups excluding carboxylic acids is 2. The molecule has 27 heavy (non-hydrogen) atoms. The zero-order valence-electron chi connectivity index (χ0n) is 15.1. The molecule has 1 aliphatic heterocycles. The third kappa shape index (κ3) is 3.89. The maximum absolute atomic E-state index is 12.4. The van der Waals surface area contributed by atoms with E-state index in [4.69, 9.17) is 23.7 Å². The second kappa shape index (κ2) is 7.86. The summed E-state index contributed by atoms with van der Waals surface area (Å²) in [7, 11) is 2.89. The zero-order chi connectivity index (χ0) is 19.4. The van der Waals surface area contributed by atoms with E-state index in [0.717, 1.165) is 0 Å². The van der Waals surface area contributed by atoms with E-state index < -0.39 is 18.0 Å². The van der Waals surface area contributed by atoms with Crippen LogP contribution in [0.15, 0.2) is 36.4 Å². The van der Waals surface area contributed by atoms with Crippen LogP contribution in [-0.2, 0) is 9.53 Å². The Kier molecular flexibility index (Phi) is 5.35. The summed E-state index contributed by atoms with van der Waals surface area (Å²) in [5.74, 6) is 0.608. The van der Waals surface area contributed by atoms with Gasteiger partial charge in [-0.2, -0.15) is 0 Å². The molecule has 2 aromatic rings. The van der Waals surface area contributed by atoms with Crippen LogP contribution in [0.1, 0.15) is 17.3 Å². The maximum Gasteiger partial charge on any atom is 0.342 e. The number of esters is 1. The molecule has 0 fully saturated rings. The number of nitrogens with one attached hydrogen (secondary N) is 1. The molecule has 1 amide bonds. The van der Waals surface area contributed by atoms with Crippen molar-refractivity contribution < 1.29 is 33.3 Å². The lowest BCUT2D eigenvalue weighted by Crippen LogP contribution is -2.30. The Morgan fingerprint density at radius 1 is 1.07 bits per heavy atom. The molecule has 142 valence electrons. The van der Waals surface area contributed by atoms with Crippen LogP contribution < -0.4 is 24.3 Å². The van der Waals surface area contributed by atoms with E-state index in [-0.39, 0.29) is 18.1 Å². The van der Waals surface area contributed by atoms with Gasteiger partial charge in [-0.15, -0.1) is 0 Å². The van der Waals surface area contributed by atoms with Crippen molar-refractivity contribution in [3.05, 3.63) is 42.0 Å². The van der Waals surface area contributed by atoms with E-state index >= 15 is 0 Å². The first-order chi connectivity index (χ1) is 13.0. The number of benzene rings is 2. The molecule has 0 spiro atoms. The fraction of sp³-hybridized carbons (Fsp3) is 0.263. The van der Waals surface area contributed by atoms with E-state index in [1.807, 2.05) is 0 Å². The highest BCUT2D eigenvalue weighted by molar-refractivity contribution is 5.98. The van der Waals surface area contributed by atoms with Gasteiger partial charge in [0.05, 0.1) is 14.2 Å². The summed E-state index contributed by atoms with van der Waals surface area (Å²) < 4.78 is 26.1. The summed E-state index contributed by atoms with van der Waals surface area (Å²) in [4.78, 5) is 24.8. The lowest BCUT2D eigenvalue weighted by atomic mass is 10.2. The number of hydrogen-bond acceptors (Lipinski definition) is 7. The van der Waals surface area contributed by atoms with Crippen LogP contribution in [0, 0.1) is 0 Å². The van der Waals surface area contributed by atoms with Crippen molar-refractivity contribution in [3.63, 3.8) is 0 Å². The first-order valence-electron chi connectivity index (χ1n) is 8.16. The molecule has 1 aliphatic rings. The quantitative estimate of drug-likeness (QED) is 0.778. The minimum atomic E-state index is -1.03. The number of hydrogen-bond donors (Lipinski definition) is 1. The number of fused-ring (bicyclic) bond motifs is 1. The molecule has 8 nitrogen and oxygen atoms in total. The molecule has 0 bridgehead atoms. The Labute approximate surface area is 155 Å². The number of amides is 1. The summed E-state index contributed by atoms with van der Waals surface area (Å²) >= 11 is 0. The molecule has 1 atom stereocenters. The van der Waals surface area contributed by atoms with E-state index in [2.05, 4.69) is 5.32 Å². The van der Waals surface area contributed by atoms with Crippen molar-refractivity contribution in [1.29, 1.82) is 0 Å². The van der Waals surface area contributed by atoms with Gasteiger partial charge in [0.25, 0.3) is 5.91 Å². The Hall–Kier alpha value is -3.42. The summed E-state index contributed by atoms with van der Waals surface area (Å²) in [6.07, 6.45) is -1.03. The monoisotopic (exact) mass is 373 g/mol. The summed E-state index contributed by atoms with van der Waals surface area (Å²) in [5, 5.41) is 2.67. The highest BCUT2D eigenvalue weighted by Gasteiger charge is 2.23. The lowest BCUT2D eigenvalue weighted by Gasteiger charge is -2.16. The van der Waals surface area contributed by atoms with Gasteiger partial charge in [-0.1, -0.05) is 6.07 Å². The Morgan fingerprint density at radius 2 is 1.85 bits per heavy atom. The normalized spacial score (nSPS) is 12.9. The van der Waals surface area contributed by atoms with E-state index in [1.54, 1.807) is 30.3 Å². The molecule has 1 heterocycles. The van der Waals surface area contributed by atoms with E-state index in [9.17, 15) is 9.59 Å². The Morgan fingerprint density at radius 3 is 2.59 bits per heavy atom. The van der Waals surface area contributed by atoms with Crippen molar-refractivity contribution in [2.75, 3.05) is 26.3 Å². The molecule has 0 saturated carbocycles. The van der Waals surface area contributed by atoms with Crippen LogP contribution >= 0.6 is 0 Å². The fourth-order valence-electron chi connectivity index (χ4n) is 2.54. The largest absolute Gasteiger partial charge is 0.493 e. The standard InChI is InChI=1S/C19H19NO7/c1-11(18(21)20-12-7-8-14-16(9-12)26-10-25-14)27-19(22)13-5-4-6-15(23-2)17(13)24-3/h4-9,11H,10H2,1-3H3,(H,20,21)/t11-/m0/s1. The van der Waals surface area contributed by atoms with Crippen molar-refractivity contribution in [2.24, 2.45) is 0 Å². The van der Waals surface area contributed by atoms with Crippen LogP contribution in [-0.4, -0.2) is 39.0 Å². The summed E-state index contributed by atoms with van der Waals surface area (Å²) in [5.41, 5.74) is 0.672. The zero-order valence-corrected chi connectivity index (χ0v) is 15.1. The number of methoxy groups -OCH3 is 2. The average Bonchev–Trinajstić information content (AvgIpc) is 3.14. The van der Waals surface area contributed by atoms with Crippen LogP contribution in [0.4, 0.5) is 5.69 Å². The van der Waals surface area contributed by atoms with Gasteiger partial charge in [0.15, 0.2) is 29.1 Å². The summed E-state index contributed by atoms with van der Waals surface area (Å²) in [6, 6.07) is 9.83. The third-order valence-corrected chi connectivity index (χ3v) is 3.92. The van der Waals surface area contributed by atoms with Gasteiger partial charge in [0, 0.05) is 11.8 Å². The van der Waals surface area contributed by atoms with Crippen LogP contribution in [0.3, 0.4) is 0 Å². The Bertz CT molecular complexity index is 865. The minimum Gasteiger partial charge on any atom is -0.493 e. The maximum atomic E-state index is 12.4. The highest BCUT2D eigenvalue weighted by Crippen LogP contribution is 2.34. The molecule has 0 aromatic heterocycles. The second-order valence-corrected chi connectivity index (χ2v) is 5.65. The van der Waals surface area contributed by atoms with E-state index in [0.29, 0.717) is 22.9 Å². The molecule has 1 N–H and O–H groups in total. The van der Waals surface area contributed by atoms with Gasteiger partial charge in [-0.25, -0.2) is 4.79 Å². The number of ether oxygens (including phenoxy) is 5. The molecular formula is C19H19NO7. The molecule has 0 unspecified atom stereocenters. The first kappa shape index (κ1) is 18.4. The van der Waals surface area contributed by atoms with Gasteiger partial charge >= 0.3 is 5.97 Å². The fourth-order valence-corrected chi connectivity index (χ4v) is 2.54. The second-order valence-electron chi connectivity index (χ2n) is 5.65. The van der Waals surface area contributed by atoms with Gasteiger partial charge in [0.1, 0.15) is 5.56 Å². The van der Waals surface area contributed by atoms with E-state index in [1.165, 1.54) is 27.2 Å². The third-order valence-electron chi connectivity index (χ3n) is 3.92. The van der Waals surface area contributed by atoms with Gasteiger partial charge in [-0.3, -0.25) is 4.79 Å².